The van der Waals surface area contributed by atoms with E-state index in [9.17, 15) is 9.59 Å². The van der Waals surface area contributed by atoms with Gasteiger partial charge in [0, 0.05) is 69.1 Å². The molecule has 0 aliphatic carbocycles. The quantitative estimate of drug-likeness (QED) is 0.343. The van der Waals surface area contributed by atoms with Crippen molar-refractivity contribution >= 4 is 11.8 Å². The molecule has 230 valence electrons. The molecular weight excluding hydrogens is 537 g/mol. The maximum atomic E-state index is 15.2. The Hall–Kier alpha value is -3.01. The molecule has 2 amide bonds. The van der Waals surface area contributed by atoms with Gasteiger partial charge in [0.2, 0.25) is 11.8 Å². The third kappa shape index (κ3) is 8.99. The van der Waals surface area contributed by atoms with Crippen LogP contribution in [0.3, 0.4) is 0 Å². The van der Waals surface area contributed by atoms with Crippen molar-refractivity contribution in [1.82, 2.24) is 15.5 Å². The summed E-state index contributed by atoms with van der Waals surface area (Å²) in [5.74, 6) is 0.0900. The summed E-state index contributed by atoms with van der Waals surface area (Å²) in [5.41, 5.74) is 2.48. The zero-order chi connectivity index (χ0) is 29.9. The second kappa shape index (κ2) is 16.0. The van der Waals surface area contributed by atoms with Gasteiger partial charge < -0.3 is 29.7 Å². The predicted molar refractivity (Wildman–Crippen MR) is 161 cm³/mol. The maximum Gasteiger partial charge on any atom is 0.227 e. The fraction of sp³-hybridized carbons (Fsp3) is 0.576. The molecule has 9 heteroatoms. The summed E-state index contributed by atoms with van der Waals surface area (Å²) in [6.07, 6.45) is 4.70. The van der Waals surface area contributed by atoms with Crippen LogP contribution < -0.4 is 15.4 Å². The summed E-state index contributed by atoms with van der Waals surface area (Å²) >= 11 is 0. The van der Waals surface area contributed by atoms with Crippen molar-refractivity contribution < 1.29 is 28.2 Å². The lowest BCUT2D eigenvalue weighted by molar-refractivity contribution is -0.135. The highest BCUT2D eigenvalue weighted by atomic mass is 19.1. The van der Waals surface area contributed by atoms with Crippen LogP contribution >= 0.6 is 0 Å². The topological polar surface area (TPSA) is 89.1 Å². The summed E-state index contributed by atoms with van der Waals surface area (Å²) in [6, 6.07) is 10.7. The Morgan fingerprint density at radius 2 is 1.81 bits per heavy atom. The normalized spacial score (nSPS) is 17.7. The number of piperidine rings is 1. The number of hydrogen-bond donors (Lipinski definition) is 2. The lowest BCUT2D eigenvalue weighted by Crippen LogP contribution is -2.52. The Balaban J connectivity index is 1.54. The second-order valence-electron chi connectivity index (χ2n) is 11.5. The number of amides is 2. The SMILES string of the molecule is COCCCOc1cc(CC(=O)N(C(C)C)[C@@H]2CCCNC2)ccc1-c1cc(CC(=O)NC2CCOCC2)ccc1F. The number of halogens is 1. The molecule has 0 saturated carbocycles. The van der Waals surface area contributed by atoms with Crippen LogP contribution in [0, 0.1) is 5.82 Å². The van der Waals surface area contributed by atoms with Crippen molar-refractivity contribution in [2.24, 2.45) is 0 Å². The van der Waals surface area contributed by atoms with E-state index in [1.54, 1.807) is 19.2 Å². The minimum absolute atomic E-state index is 0.0699. The largest absolute Gasteiger partial charge is 0.493 e. The van der Waals surface area contributed by atoms with Crippen LogP contribution in [0.15, 0.2) is 36.4 Å². The number of nitrogens with one attached hydrogen (secondary N) is 2. The van der Waals surface area contributed by atoms with Crippen molar-refractivity contribution in [3.05, 3.63) is 53.3 Å². The van der Waals surface area contributed by atoms with Gasteiger partial charge in [-0.25, -0.2) is 4.39 Å². The Morgan fingerprint density at radius 1 is 1.05 bits per heavy atom. The van der Waals surface area contributed by atoms with Crippen LogP contribution in [0.25, 0.3) is 11.1 Å². The van der Waals surface area contributed by atoms with Crippen LogP contribution in [-0.4, -0.2) is 81.5 Å². The lowest BCUT2D eigenvalue weighted by Gasteiger charge is -2.37. The number of benzene rings is 2. The minimum Gasteiger partial charge on any atom is -0.493 e. The molecule has 2 aromatic carbocycles. The second-order valence-corrected chi connectivity index (χ2v) is 11.5. The minimum atomic E-state index is -0.398. The summed E-state index contributed by atoms with van der Waals surface area (Å²) in [4.78, 5) is 28.2. The third-order valence-corrected chi connectivity index (χ3v) is 7.93. The van der Waals surface area contributed by atoms with Crippen LogP contribution in [-0.2, 0) is 31.9 Å². The molecule has 2 heterocycles. The van der Waals surface area contributed by atoms with E-state index in [-0.39, 0.29) is 42.8 Å². The predicted octanol–water partition coefficient (Wildman–Crippen LogP) is 4.28. The first-order valence-electron chi connectivity index (χ1n) is 15.3. The van der Waals surface area contributed by atoms with E-state index < -0.39 is 5.82 Å². The van der Waals surface area contributed by atoms with E-state index in [0.29, 0.717) is 55.3 Å². The number of ether oxygens (including phenoxy) is 3. The van der Waals surface area contributed by atoms with Gasteiger partial charge in [-0.2, -0.15) is 0 Å². The first-order valence-corrected chi connectivity index (χ1v) is 15.3. The highest BCUT2D eigenvalue weighted by Crippen LogP contribution is 2.34. The van der Waals surface area contributed by atoms with Gasteiger partial charge in [0.15, 0.2) is 0 Å². The Morgan fingerprint density at radius 3 is 2.52 bits per heavy atom. The molecule has 2 aliphatic heterocycles. The first-order chi connectivity index (χ1) is 20.4. The monoisotopic (exact) mass is 583 g/mol. The van der Waals surface area contributed by atoms with Gasteiger partial charge >= 0.3 is 0 Å². The first kappa shape index (κ1) is 31.9. The molecule has 1 atom stereocenters. The van der Waals surface area contributed by atoms with Gasteiger partial charge in [0.25, 0.3) is 0 Å². The summed E-state index contributed by atoms with van der Waals surface area (Å²) in [7, 11) is 1.64. The number of carbonyl (C=O) groups is 2. The molecule has 0 radical (unpaired) electrons. The number of carbonyl (C=O) groups excluding carboxylic acids is 2. The molecule has 0 spiro atoms. The molecule has 2 saturated heterocycles. The average Bonchev–Trinajstić information content (AvgIpc) is 2.97. The van der Waals surface area contributed by atoms with E-state index in [0.717, 1.165) is 44.3 Å². The van der Waals surface area contributed by atoms with E-state index in [2.05, 4.69) is 24.5 Å². The van der Waals surface area contributed by atoms with Crippen LogP contribution in [0.5, 0.6) is 5.75 Å². The average molecular weight is 584 g/mol. The van der Waals surface area contributed by atoms with Crippen molar-refractivity contribution in [3.8, 4) is 16.9 Å². The van der Waals surface area contributed by atoms with E-state index in [1.807, 2.05) is 23.1 Å². The van der Waals surface area contributed by atoms with Gasteiger partial charge in [0.05, 0.1) is 19.4 Å². The lowest BCUT2D eigenvalue weighted by atomic mass is 9.97. The van der Waals surface area contributed by atoms with E-state index >= 15 is 4.39 Å². The number of hydrogen-bond acceptors (Lipinski definition) is 6. The number of rotatable bonds is 13. The Kier molecular flexibility index (Phi) is 12.2. The molecule has 0 bridgehead atoms. The Labute approximate surface area is 249 Å². The van der Waals surface area contributed by atoms with Gasteiger partial charge in [-0.05, 0) is 75.4 Å². The summed E-state index contributed by atoms with van der Waals surface area (Å²) in [6.45, 7) is 8.12. The molecule has 2 aromatic rings. The van der Waals surface area contributed by atoms with Gasteiger partial charge in [-0.15, -0.1) is 0 Å². The molecule has 8 nitrogen and oxygen atoms in total. The fourth-order valence-electron chi connectivity index (χ4n) is 5.85. The van der Waals surface area contributed by atoms with Crippen molar-refractivity contribution in [3.63, 3.8) is 0 Å². The van der Waals surface area contributed by atoms with Crippen LogP contribution in [0.2, 0.25) is 0 Å². The van der Waals surface area contributed by atoms with Gasteiger partial charge in [-0.3, -0.25) is 9.59 Å². The zero-order valence-electron chi connectivity index (χ0n) is 25.3. The molecular formula is C33H46FN3O5. The highest BCUT2D eigenvalue weighted by Gasteiger charge is 2.28. The molecule has 0 aromatic heterocycles. The molecule has 0 unspecified atom stereocenters. The molecule has 2 aliphatic rings. The highest BCUT2D eigenvalue weighted by molar-refractivity contribution is 5.82. The third-order valence-electron chi connectivity index (χ3n) is 7.93. The maximum absolute atomic E-state index is 15.2. The molecule has 2 N–H and O–H groups in total. The molecule has 4 rings (SSSR count). The van der Waals surface area contributed by atoms with E-state index in [1.165, 1.54) is 6.07 Å². The number of methoxy groups -OCH3 is 1. The molecule has 42 heavy (non-hydrogen) atoms. The summed E-state index contributed by atoms with van der Waals surface area (Å²) < 4.78 is 31.9. The number of nitrogens with zero attached hydrogens (tertiary/aromatic N) is 1. The Bertz CT molecular complexity index is 1180. The van der Waals surface area contributed by atoms with Gasteiger partial charge in [0.1, 0.15) is 11.6 Å². The van der Waals surface area contributed by atoms with Crippen LogP contribution in [0.4, 0.5) is 4.39 Å². The zero-order valence-corrected chi connectivity index (χ0v) is 25.3. The van der Waals surface area contributed by atoms with Crippen molar-refractivity contribution in [2.75, 3.05) is 46.6 Å². The van der Waals surface area contributed by atoms with Crippen LogP contribution in [0.1, 0.15) is 57.1 Å². The van der Waals surface area contributed by atoms with Gasteiger partial charge in [-0.1, -0.05) is 18.2 Å². The van der Waals surface area contributed by atoms with E-state index in [4.69, 9.17) is 14.2 Å². The molecule has 2 fully saturated rings. The van der Waals surface area contributed by atoms with Crippen molar-refractivity contribution in [2.45, 2.75) is 76.9 Å². The smallest absolute Gasteiger partial charge is 0.227 e. The fourth-order valence-corrected chi connectivity index (χ4v) is 5.85. The summed E-state index contributed by atoms with van der Waals surface area (Å²) in [5, 5.41) is 6.48. The standard InChI is InChI=1S/C33H46FN3O5/c1-23(2)37(27-6-4-13-35-22-27)33(39)21-25-7-9-28(31(19-25)42-15-5-14-40-3)29-18-24(8-10-30(29)34)20-32(38)36-26-11-16-41-17-12-26/h7-10,18-19,23,26-27,35H,4-6,11-17,20-22H2,1-3H3,(H,36,38)/t27-/m1/s1. The van der Waals surface area contributed by atoms with Crippen molar-refractivity contribution in [1.29, 1.82) is 0 Å².